The Morgan fingerprint density at radius 2 is 1.81 bits per heavy atom. The maximum atomic E-state index is 13.3. The van der Waals surface area contributed by atoms with Crippen molar-refractivity contribution >= 4 is 26.0 Å². The van der Waals surface area contributed by atoms with Crippen molar-refractivity contribution in [1.29, 1.82) is 5.26 Å². The lowest BCUT2D eigenvalue weighted by molar-refractivity contribution is -0.137. The molecule has 5 rings (SSSR count). The van der Waals surface area contributed by atoms with Crippen LogP contribution in [0.5, 0.6) is 0 Å². The third-order valence-electron chi connectivity index (χ3n) is 6.81. The van der Waals surface area contributed by atoms with Gasteiger partial charge in [0.1, 0.15) is 11.1 Å². The van der Waals surface area contributed by atoms with E-state index in [2.05, 4.69) is 14.7 Å². The molecular weight excluding hydrogens is 607 g/mol. The van der Waals surface area contributed by atoms with Gasteiger partial charge >= 0.3 is 6.18 Å². The molecule has 222 valence electrons. The molecule has 1 saturated heterocycles. The first kappa shape index (κ1) is 30.0. The molecule has 2 atom stereocenters. The molecule has 1 aliphatic heterocycles. The summed E-state index contributed by atoms with van der Waals surface area (Å²) in [5.74, 6) is -0.556. The minimum Gasteiger partial charge on any atom is -0.341 e. The molecule has 4 aromatic rings. The summed E-state index contributed by atoms with van der Waals surface area (Å²) in [6, 6.07) is 17.3. The zero-order valence-electron chi connectivity index (χ0n) is 22.0. The Kier molecular flexibility index (Phi) is 7.86. The molecule has 2 heterocycles. The van der Waals surface area contributed by atoms with E-state index in [4.69, 9.17) is 0 Å². The van der Waals surface area contributed by atoms with Crippen molar-refractivity contribution in [3.05, 3.63) is 107 Å². The Hall–Kier alpha value is -4.52. The Balaban J connectivity index is 1.52. The number of hydrogen-bond acceptors (Lipinski definition) is 7. The van der Waals surface area contributed by atoms with Crippen molar-refractivity contribution in [3.63, 3.8) is 0 Å². The SMILES string of the molecule is N#Cc1cc(C[C@H](NS(=O)(=O)c2cccc(C(F)(F)F)c2)c2ncc(-c3ccccc3)[nH]2)ccc1C1CC(=O)NS1(=O)=O. The fourth-order valence-corrected chi connectivity index (χ4v) is 7.44. The summed E-state index contributed by atoms with van der Waals surface area (Å²) in [5.41, 5.74) is 0.625. The van der Waals surface area contributed by atoms with Crippen LogP contribution in [0.25, 0.3) is 11.3 Å². The number of rotatable bonds is 8. The zero-order valence-corrected chi connectivity index (χ0v) is 23.6. The summed E-state index contributed by atoms with van der Waals surface area (Å²) in [6.07, 6.45) is -3.76. The van der Waals surface area contributed by atoms with Gasteiger partial charge in [-0.05, 0) is 47.4 Å². The lowest BCUT2D eigenvalue weighted by Crippen LogP contribution is -2.31. The van der Waals surface area contributed by atoms with Crippen molar-refractivity contribution in [2.75, 3.05) is 0 Å². The van der Waals surface area contributed by atoms with Crippen LogP contribution in [0, 0.1) is 11.3 Å². The highest BCUT2D eigenvalue weighted by atomic mass is 32.2. The predicted molar refractivity (Wildman–Crippen MR) is 148 cm³/mol. The normalized spacial score (nSPS) is 17.3. The number of hydrogen-bond donors (Lipinski definition) is 3. The number of alkyl halides is 3. The van der Waals surface area contributed by atoms with Gasteiger partial charge in [-0.1, -0.05) is 48.5 Å². The molecule has 1 amide bonds. The molecule has 10 nitrogen and oxygen atoms in total. The van der Waals surface area contributed by atoms with E-state index in [1.165, 1.54) is 24.4 Å². The van der Waals surface area contributed by atoms with Crippen LogP contribution in [-0.2, 0) is 37.4 Å². The number of aromatic nitrogens is 2. The number of halogens is 3. The number of nitrogens with zero attached hydrogens (tertiary/aromatic N) is 2. The maximum Gasteiger partial charge on any atom is 0.416 e. The van der Waals surface area contributed by atoms with Gasteiger partial charge in [0.2, 0.25) is 26.0 Å². The van der Waals surface area contributed by atoms with Gasteiger partial charge in [0.25, 0.3) is 0 Å². The average Bonchev–Trinajstić information content (AvgIpc) is 3.56. The molecule has 1 aliphatic rings. The fraction of sp³-hybridized carbons (Fsp3) is 0.179. The first-order chi connectivity index (χ1) is 20.3. The Morgan fingerprint density at radius 3 is 2.47 bits per heavy atom. The standard InChI is InChI=1S/C28H22F3N5O5S2/c29-28(30,31)20-7-4-8-21(13-20)42(38,39)35-23(27-33-16-24(34-27)18-5-2-1-3-6-18)12-17-9-10-22(19(11-17)15-32)25-14-26(37)36-43(25,40)41/h1-11,13,16,23,25,35H,12,14H2,(H,33,34)(H,36,37)/t23-,25?/m0/s1. The number of carbonyl (C=O) groups excluding carboxylic acids is 1. The number of sulfonamides is 2. The summed E-state index contributed by atoms with van der Waals surface area (Å²) < 4.78 is 95.7. The smallest absolute Gasteiger partial charge is 0.341 e. The molecular formula is C28H22F3N5O5S2. The second-order valence-corrected chi connectivity index (χ2v) is 13.3. The molecule has 43 heavy (non-hydrogen) atoms. The predicted octanol–water partition coefficient (Wildman–Crippen LogP) is 4.12. The summed E-state index contributed by atoms with van der Waals surface area (Å²) in [7, 11) is -8.56. The van der Waals surface area contributed by atoms with Crippen molar-refractivity contribution in [1.82, 2.24) is 19.4 Å². The molecule has 0 radical (unpaired) electrons. The van der Waals surface area contributed by atoms with Gasteiger partial charge in [-0.15, -0.1) is 0 Å². The van der Waals surface area contributed by atoms with E-state index in [1.54, 1.807) is 24.3 Å². The third kappa shape index (κ3) is 6.46. The summed E-state index contributed by atoms with van der Waals surface area (Å²) in [4.78, 5) is 18.5. The molecule has 3 aromatic carbocycles. The summed E-state index contributed by atoms with van der Waals surface area (Å²) in [6.45, 7) is 0. The fourth-order valence-electron chi connectivity index (χ4n) is 4.74. The van der Waals surface area contributed by atoms with Crippen LogP contribution in [-0.4, -0.2) is 32.7 Å². The van der Waals surface area contributed by atoms with Crippen LogP contribution >= 0.6 is 0 Å². The van der Waals surface area contributed by atoms with E-state index >= 15 is 0 Å². The van der Waals surface area contributed by atoms with E-state index in [1.807, 2.05) is 16.9 Å². The maximum absolute atomic E-state index is 13.3. The third-order valence-corrected chi connectivity index (χ3v) is 9.96. The van der Waals surface area contributed by atoms with Gasteiger partial charge in [-0.25, -0.2) is 26.5 Å². The van der Waals surface area contributed by atoms with Crippen LogP contribution in [0.15, 0.2) is 83.9 Å². The van der Waals surface area contributed by atoms with Gasteiger partial charge < -0.3 is 4.98 Å². The molecule has 0 spiro atoms. The van der Waals surface area contributed by atoms with Gasteiger partial charge in [-0.2, -0.15) is 18.4 Å². The Bertz CT molecular complexity index is 1950. The zero-order chi connectivity index (χ0) is 31.0. The largest absolute Gasteiger partial charge is 0.416 e. The Labute approximate surface area is 244 Å². The Morgan fingerprint density at radius 1 is 1.07 bits per heavy atom. The second kappa shape index (κ2) is 11.3. The minimum absolute atomic E-state index is 0.0357. The van der Waals surface area contributed by atoms with Crippen LogP contribution < -0.4 is 9.44 Å². The van der Waals surface area contributed by atoms with Crippen molar-refractivity contribution in [3.8, 4) is 17.3 Å². The summed E-state index contributed by atoms with van der Waals surface area (Å²) >= 11 is 0. The van der Waals surface area contributed by atoms with E-state index < -0.39 is 53.9 Å². The van der Waals surface area contributed by atoms with E-state index in [9.17, 15) is 40.1 Å². The van der Waals surface area contributed by atoms with E-state index in [0.717, 1.165) is 23.8 Å². The number of amides is 1. The molecule has 1 unspecified atom stereocenters. The number of aromatic amines is 1. The number of nitrogens with one attached hydrogen (secondary N) is 3. The monoisotopic (exact) mass is 629 g/mol. The van der Waals surface area contributed by atoms with Crippen molar-refractivity contribution in [2.45, 2.75) is 35.2 Å². The summed E-state index contributed by atoms with van der Waals surface area (Å²) in [5, 5.41) is 8.51. The lowest BCUT2D eigenvalue weighted by atomic mass is 9.97. The number of nitriles is 1. The second-order valence-electron chi connectivity index (χ2n) is 9.75. The molecule has 0 bridgehead atoms. The van der Waals surface area contributed by atoms with Gasteiger partial charge in [0.05, 0.1) is 46.4 Å². The van der Waals surface area contributed by atoms with Gasteiger partial charge in [0, 0.05) is 0 Å². The highest BCUT2D eigenvalue weighted by molar-refractivity contribution is 7.90. The number of H-pyrrole nitrogens is 1. The lowest BCUT2D eigenvalue weighted by Gasteiger charge is -2.19. The molecule has 3 N–H and O–H groups in total. The molecule has 1 fully saturated rings. The molecule has 0 saturated carbocycles. The molecule has 15 heteroatoms. The van der Waals surface area contributed by atoms with E-state index in [0.29, 0.717) is 17.3 Å². The number of carbonyl (C=O) groups is 1. The van der Waals surface area contributed by atoms with Crippen LogP contribution in [0.2, 0.25) is 0 Å². The minimum atomic E-state index is -4.76. The highest BCUT2D eigenvalue weighted by Crippen LogP contribution is 2.34. The van der Waals surface area contributed by atoms with E-state index in [-0.39, 0.29) is 29.8 Å². The first-order valence-corrected chi connectivity index (χ1v) is 15.7. The van der Waals surface area contributed by atoms with Crippen molar-refractivity contribution in [2.24, 2.45) is 0 Å². The number of benzene rings is 3. The number of imidazole rings is 1. The average molecular weight is 630 g/mol. The topological polar surface area (TPSA) is 162 Å². The van der Waals surface area contributed by atoms with Crippen molar-refractivity contribution < 1.29 is 34.8 Å². The quantitative estimate of drug-likeness (QED) is 0.264. The highest BCUT2D eigenvalue weighted by Gasteiger charge is 2.39. The molecule has 0 aliphatic carbocycles. The first-order valence-electron chi connectivity index (χ1n) is 12.6. The van der Waals surface area contributed by atoms with Gasteiger partial charge in [0.15, 0.2) is 0 Å². The van der Waals surface area contributed by atoms with Crippen LogP contribution in [0.4, 0.5) is 13.2 Å². The van der Waals surface area contributed by atoms with Crippen LogP contribution in [0.3, 0.4) is 0 Å². The molecule has 1 aromatic heterocycles. The van der Waals surface area contributed by atoms with Gasteiger partial charge in [-0.3, -0.25) is 9.52 Å². The van der Waals surface area contributed by atoms with Crippen LogP contribution in [0.1, 0.15) is 45.8 Å².